The molecule has 0 fully saturated rings. The van der Waals surface area contributed by atoms with Gasteiger partial charge in [-0.25, -0.2) is 0 Å². The van der Waals surface area contributed by atoms with Crippen LogP contribution in [0.3, 0.4) is 0 Å². The first-order valence-corrected chi connectivity index (χ1v) is 9.83. The molecular formula is C18H25N3O3S. The molecule has 0 bridgehead atoms. The summed E-state index contributed by atoms with van der Waals surface area (Å²) in [4.78, 5) is 0. The monoisotopic (exact) mass is 363 g/mol. The lowest BCUT2D eigenvalue weighted by Crippen LogP contribution is -2.20. The van der Waals surface area contributed by atoms with Crippen molar-refractivity contribution >= 4 is 11.8 Å². The van der Waals surface area contributed by atoms with Gasteiger partial charge in [0.05, 0.1) is 12.7 Å². The SMILES string of the molecule is CCOc1ccc(OCC(O)CSc2nnc3n2CCCCC3)cc1. The molecule has 1 aliphatic heterocycles. The molecule has 0 saturated heterocycles. The van der Waals surface area contributed by atoms with E-state index in [-0.39, 0.29) is 6.61 Å². The molecule has 1 atom stereocenters. The number of hydrogen-bond donors (Lipinski definition) is 1. The third-order valence-corrected chi connectivity index (χ3v) is 5.17. The lowest BCUT2D eigenvalue weighted by Gasteiger charge is -2.13. The highest BCUT2D eigenvalue weighted by Crippen LogP contribution is 2.23. The van der Waals surface area contributed by atoms with Gasteiger partial charge in [-0.05, 0) is 44.0 Å². The molecule has 0 aliphatic carbocycles. The van der Waals surface area contributed by atoms with Crippen LogP contribution in [-0.4, -0.2) is 44.9 Å². The van der Waals surface area contributed by atoms with Gasteiger partial charge in [0.15, 0.2) is 5.16 Å². The van der Waals surface area contributed by atoms with E-state index in [0.717, 1.165) is 35.4 Å². The Hall–Kier alpha value is -1.73. The molecule has 1 N–H and O–H groups in total. The molecule has 25 heavy (non-hydrogen) atoms. The number of nitrogens with zero attached hydrogens (tertiary/aromatic N) is 3. The van der Waals surface area contributed by atoms with Gasteiger partial charge in [-0.2, -0.15) is 0 Å². The Labute approximate surface area is 152 Å². The summed E-state index contributed by atoms with van der Waals surface area (Å²) in [6.07, 6.45) is 4.03. The first-order chi connectivity index (χ1) is 12.3. The first kappa shape index (κ1) is 18.1. The fourth-order valence-corrected chi connectivity index (χ4v) is 3.66. The molecule has 136 valence electrons. The predicted molar refractivity (Wildman–Crippen MR) is 97.4 cm³/mol. The second kappa shape index (κ2) is 9.10. The lowest BCUT2D eigenvalue weighted by molar-refractivity contribution is 0.126. The number of fused-ring (bicyclic) bond motifs is 1. The zero-order chi connectivity index (χ0) is 17.5. The summed E-state index contributed by atoms with van der Waals surface area (Å²) in [5, 5.41) is 19.6. The fourth-order valence-electron chi connectivity index (χ4n) is 2.78. The van der Waals surface area contributed by atoms with E-state index in [0.29, 0.717) is 12.4 Å². The van der Waals surface area contributed by atoms with E-state index < -0.39 is 6.10 Å². The Morgan fingerprint density at radius 1 is 1.12 bits per heavy atom. The molecule has 3 rings (SSSR count). The highest BCUT2D eigenvalue weighted by molar-refractivity contribution is 7.99. The number of benzene rings is 1. The Morgan fingerprint density at radius 2 is 1.88 bits per heavy atom. The topological polar surface area (TPSA) is 69.4 Å². The Balaban J connectivity index is 1.45. The minimum atomic E-state index is -0.560. The summed E-state index contributed by atoms with van der Waals surface area (Å²) in [5.41, 5.74) is 0. The Kier molecular flexibility index (Phi) is 6.58. The van der Waals surface area contributed by atoms with Gasteiger partial charge < -0.3 is 19.1 Å². The van der Waals surface area contributed by atoms with Crippen LogP contribution >= 0.6 is 11.8 Å². The maximum atomic E-state index is 10.2. The summed E-state index contributed by atoms with van der Waals surface area (Å²) in [6.45, 7) is 3.82. The van der Waals surface area contributed by atoms with Crippen molar-refractivity contribution in [2.24, 2.45) is 0 Å². The number of ether oxygens (including phenoxy) is 2. The van der Waals surface area contributed by atoms with Gasteiger partial charge in [0.25, 0.3) is 0 Å². The van der Waals surface area contributed by atoms with Gasteiger partial charge in [-0.15, -0.1) is 10.2 Å². The summed E-state index contributed by atoms with van der Waals surface area (Å²) < 4.78 is 13.2. The zero-order valence-corrected chi connectivity index (χ0v) is 15.4. The largest absolute Gasteiger partial charge is 0.494 e. The number of thioether (sulfide) groups is 1. The van der Waals surface area contributed by atoms with Gasteiger partial charge >= 0.3 is 0 Å². The van der Waals surface area contributed by atoms with Crippen LogP contribution in [0.25, 0.3) is 0 Å². The van der Waals surface area contributed by atoms with Crippen LogP contribution in [-0.2, 0) is 13.0 Å². The number of hydrogen-bond acceptors (Lipinski definition) is 6. The van der Waals surface area contributed by atoms with Crippen LogP contribution in [0.1, 0.15) is 32.0 Å². The normalized spacial score (nSPS) is 15.3. The van der Waals surface area contributed by atoms with Crippen molar-refractivity contribution in [3.63, 3.8) is 0 Å². The standard InChI is InChI=1S/C18H25N3O3S/c1-2-23-15-7-9-16(10-8-15)24-12-14(22)13-25-18-20-19-17-6-4-3-5-11-21(17)18/h7-10,14,22H,2-6,11-13H2,1H3. The molecule has 2 aromatic rings. The maximum absolute atomic E-state index is 10.2. The summed E-state index contributed by atoms with van der Waals surface area (Å²) in [5.74, 6) is 3.15. The van der Waals surface area contributed by atoms with Crippen LogP contribution in [0.4, 0.5) is 0 Å². The predicted octanol–water partition coefficient (Wildman–Crippen LogP) is 2.94. The molecule has 6 nitrogen and oxygen atoms in total. The molecule has 0 spiro atoms. The van der Waals surface area contributed by atoms with Crippen LogP contribution in [0.15, 0.2) is 29.4 Å². The minimum absolute atomic E-state index is 0.252. The molecule has 0 saturated carbocycles. The van der Waals surface area contributed by atoms with Gasteiger partial charge in [0.1, 0.15) is 23.9 Å². The van der Waals surface area contributed by atoms with Gasteiger partial charge in [0, 0.05) is 18.7 Å². The quantitative estimate of drug-likeness (QED) is 0.727. The van der Waals surface area contributed by atoms with E-state index in [4.69, 9.17) is 9.47 Å². The Morgan fingerprint density at radius 3 is 2.64 bits per heavy atom. The van der Waals surface area contributed by atoms with E-state index in [9.17, 15) is 5.11 Å². The van der Waals surface area contributed by atoms with E-state index in [2.05, 4.69) is 14.8 Å². The number of aryl methyl sites for hydroxylation is 1. The second-order valence-electron chi connectivity index (χ2n) is 6.04. The van der Waals surface area contributed by atoms with Gasteiger partial charge in [-0.3, -0.25) is 0 Å². The van der Waals surface area contributed by atoms with E-state index in [1.165, 1.54) is 19.3 Å². The highest BCUT2D eigenvalue weighted by atomic mass is 32.2. The molecule has 1 aliphatic rings. The van der Waals surface area contributed by atoms with E-state index >= 15 is 0 Å². The molecule has 1 aromatic heterocycles. The molecule has 7 heteroatoms. The lowest BCUT2D eigenvalue weighted by atomic mass is 10.2. The van der Waals surface area contributed by atoms with Crippen molar-refractivity contribution in [3.05, 3.63) is 30.1 Å². The van der Waals surface area contributed by atoms with E-state index in [1.807, 2.05) is 31.2 Å². The fraction of sp³-hybridized carbons (Fsp3) is 0.556. The van der Waals surface area contributed by atoms with Crippen molar-refractivity contribution in [2.75, 3.05) is 19.0 Å². The number of aliphatic hydroxyl groups excluding tert-OH is 1. The summed E-state index contributed by atoms with van der Waals surface area (Å²) in [7, 11) is 0. The minimum Gasteiger partial charge on any atom is -0.494 e. The maximum Gasteiger partial charge on any atom is 0.191 e. The molecule has 0 radical (unpaired) electrons. The van der Waals surface area contributed by atoms with Crippen molar-refractivity contribution < 1.29 is 14.6 Å². The van der Waals surface area contributed by atoms with Gasteiger partial charge in [0.2, 0.25) is 0 Å². The zero-order valence-electron chi connectivity index (χ0n) is 14.6. The number of aromatic nitrogens is 3. The van der Waals surface area contributed by atoms with Gasteiger partial charge in [-0.1, -0.05) is 18.2 Å². The number of rotatable bonds is 8. The average molecular weight is 363 g/mol. The van der Waals surface area contributed by atoms with Crippen molar-refractivity contribution in [1.29, 1.82) is 0 Å². The average Bonchev–Trinajstić information content (AvgIpc) is 2.86. The van der Waals surface area contributed by atoms with Crippen LogP contribution in [0, 0.1) is 0 Å². The smallest absolute Gasteiger partial charge is 0.191 e. The third-order valence-electron chi connectivity index (χ3n) is 4.06. The van der Waals surface area contributed by atoms with Crippen LogP contribution < -0.4 is 9.47 Å². The molecule has 1 aromatic carbocycles. The van der Waals surface area contributed by atoms with Crippen molar-refractivity contribution in [2.45, 2.75) is 50.4 Å². The Bertz CT molecular complexity index is 660. The van der Waals surface area contributed by atoms with Crippen molar-refractivity contribution in [3.8, 4) is 11.5 Å². The summed E-state index contributed by atoms with van der Waals surface area (Å²) in [6, 6.07) is 7.43. The van der Waals surface area contributed by atoms with Crippen LogP contribution in [0.5, 0.6) is 11.5 Å². The molecule has 0 amide bonds. The summed E-state index contributed by atoms with van der Waals surface area (Å²) >= 11 is 1.54. The van der Waals surface area contributed by atoms with E-state index in [1.54, 1.807) is 11.8 Å². The van der Waals surface area contributed by atoms with Crippen LogP contribution in [0.2, 0.25) is 0 Å². The first-order valence-electron chi connectivity index (χ1n) is 8.85. The molecule has 1 unspecified atom stereocenters. The highest BCUT2D eigenvalue weighted by Gasteiger charge is 2.16. The third kappa shape index (κ3) is 5.12. The molecular weight excluding hydrogens is 338 g/mol. The second-order valence-corrected chi connectivity index (χ2v) is 7.03. The number of aliphatic hydroxyl groups is 1. The van der Waals surface area contributed by atoms with Crippen molar-refractivity contribution in [1.82, 2.24) is 14.8 Å². The molecule has 2 heterocycles.